The van der Waals surface area contributed by atoms with E-state index in [-0.39, 0.29) is 11.8 Å². The number of carbonyl (C=O) groups excluding carboxylic acids is 2. The SMILES string of the molecule is O=C(C[C@H]1C=CCC1)NCCC(=O)N1CCN(c2ccccc2)CC1. The van der Waals surface area contributed by atoms with Gasteiger partial charge < -0.3 is 15.1 Å². The van der Waals surface area contributed by atoms with Crippen LogP contribution in [-0.2, 0) is 9.59 Å². The van der Waals surface area contributed by atoms with E-state index in [4.69, 9.17) is 0 Å². The predicted octanol–water partition coefficient (Wildman–Crippen LogP) is 2.20. The molecule has 134 valence electrons. The number of piperazine rings is 1. The van der Waals surface area contributed by atoms with Crippen LogP contribution in [0.1, 0.15) is 25.7 Å². The lowest BCUT2D eigenvalue weighted by Gasteiger charge is -2.36. The van der Waals surface area contributed by atoms with Gasteiger partial charge in [0.1, 0.15) is 0 Å². The molecule has 0 spiro atoms. The molecule has 3 rings (SSSR count). The van der Waals surface area contributed by atoms with E-state index in [1.807, 2.05) is 23.1 Å². The average molecular weight is 341 g/mol. The summed E-state index contributed by atoms with van der Waals surface area (Å²) >= 11 is 0. The molecule has 0 aromatic heterocycles. The number of allylic oxidation sites excluding steroid dienone is 2. The zero-order chi connectivity index (χ0) is 17.5. The average Bonchev–Trinajstić information content (AvgIpc) is 3.15. The minimum absolute atomic E-state index is 0.0539. The molecule has 1 aliphatic carbocycles. The molecule has 1 saturated heterocycles. The van der Waals surface area contributed by atoms with Crippen molar-refractivity contribution in [1.29, 1.82) is 0 Å². The lowest BCUT2D eigenvalue weighted by Crippen LogP contribution is -2.49. The van der Waals surface area contributed by atoms with Crippen LogP contribution in [0.2, 0.25) is 0 Å². The molecule has 5 nitrogen and oxygen atoms in total. The van der Waals surface area contributed by atoms with Crippen molar-refractivity contribution in [2.75, 3.05) is 37.6 Å². The van der Waals surface area contributed by atoms with Gasteiger partial charge in [0.05, 0.1) is 0 Å². The van der Waals surface area contributed by atoms with Gasteiger partial charge in [0.2, 0.25) is 11.8 Å². The maximum absolute atomic E-state index is 12.3. The van der Waals surface area contributed by atoms with Crippen molar-refractivity contribution in [3.8, 4) is 0 Å². The first-order valence-corrected chi connectivity index (χ1v) is 9.23. The summed E-state index contributed by atoms with van der Waals surface area (Å²) in [5.74, 6) is 0.564. The highest BCUT2D eigenvalue weighted by Crippen LogP contribution is 2.20. The summed E-state index contributed by atoms with van der Waals surface area (Å²) in [5.41, 5.74) is 1.21. The van der Waals surface area contributed by atoms with E-state index < -0.39 is 0 Å². The van der Waals surface area contributed by atoms with Crippen LogP contribution in [0.5, 0.6) is 0 Å². The smallest absolute Gasteiger partial charge is 0.224 e. The van der Waals surface area contributed by atoms with Gasteiger partial charge in [-0.05, 0) is 30.9 Å². The fourth-order valence-electron chi connectivity index (χ4n) is 3.50. The number of nitrogens with zero attached hydrogens (tertiary/aromatic N) is 2. The number of rotatable bonds is 6. The molecule has 0 radical (unpaired) electrons. The Balaban J connectivity index is 1.34. The minimum Gasteiger partial charge on any atom is -0.368 e. The third kappa shape index (κ3) is 5.08. The number of hydrogen-bond acceptors (Lipinski definition) is 3. The van der Waals surface area contributed by atoms with Crippen molar-refractivity contribution in [2.45, 2.75) is 25.7 Å². The number of amides is 2. The quantitative estimate of drug-likeness (QED) is 0.807. The van der Waals surface area contributed by atoms with E-state index in [2.05, 4.69) is 34.5 Å². The largest absolute Gasteiger partial charge is 0.368 e. The van der Waals surface area contributed by atoms with Crippen LogP contribution < -0.4 is 10.2 Å². The van der Waals surface area contributed by atoms with Gasteiger partial charge in [-0.2, -0.15) is 0 Å². The van der Waals surface area contributed by atoms with Crippen molar-refractivity contribution in [3.63, 3.8) is 0 Å². The van der Waals surface area contributed by atoms with Gasteiger partial charge >= 0.3 is 0 Å². The molecule has 0 bridgehead atoms. The van der Waals surface area contributed by atoms with Crippen LogP contribution >= 0.6 is 0 Å². The lowest BCUT2D eigenvalue weighted by molar-refractivity contribution is -0.131. The van der Waals surface area contributed by atoms with E-state index in [1.165, 1.54) is 5.69 Å². The number of para-hydroxylation sites is 1. The molecular weight excluding hydrogens is 314 g/mol. The molecule has 1 aromatic carbocycles. The fourth-order valence-corrected chi connectivity index (χ4v) is 3.50. The Kier molecular flexibility index (Phi) is 6.09. The van der Waals surface area contributed by atoms with Crippen LogP contribution in [0, 0.1) is 5.92 Å². The molecule has 2 amide bonds. The molecule has 25 heavy (non-hydrogen) atoms. The Labute approximate surface area is 149 Å². The maximum Gasteiger partial charge on any atom is 0.224 e. The first-order valence-electron chi connectivity index (χ1n) is 9.23. The first-order chi connectivity index (χ1) is 12.2. The Hall–Kier alpha value is -2.30. The molecule has 1 heterocycles. The van der Waals surface area contributed by atoms with Crippen LogP contribution in [0.3, 0.4) is 0 Å². The molecule has 0 saturated carbocycles. The molecule has 1 atom stereocenters. The topological polar surface area (TPSA) is 52.7 Å². The second-order valence-electron chi connectivity index (χ2n) is 6.77. The van der Waals surface area contributed by atoms with Crippen LogP contribution in [0.25, 0.3) is 0 Å². The normalized spacial score (nSPS) is 19.9. The van der Waals surface area contributed by atoms with Crippen LogP contribution in [0.4, 0.5) is 5.69 Å². The summed E-state index contributed by atoms with van der Waals surface area (Å²) in [5, 5.41) is 2.88. The highest BCUT2D eigenvalue weighted by atomic mass is 16.2. The summed E-state index contributed by atoms with van der Waals surface area (Å²) in [6, 6.07) is 10.3. The molecule has 1 N–H and O–H groups in total. The van der Waals surface area contributed by atoms with Gasteiger partial charge in [0.15, 0.2) is 0 Å². The van der Waals surface area contributed by atoms with Gasteiger partial charge in [-0.15, -0.1) is 0 Å². The van der Waals surface area contributed by atoms with Crippen molar-refractivity contribution < 1.29 is 9.59 Å². The zero-order valence-corrected chi connectivity index (χ0v) is 14.7. The standard InChI is InChI=1S/C20H27N3O2/c24-19(16-17-6-4-5-7-17)21-11-10-20(25)23-14-12-22(13-15-23)18-8-2-1-3-9-18/h1-4,6,8-9,17H,5,7,10-16H2,(H,21,24)/t17-/m0/s1. The monoisotopic (exact) mass is 341 g/mol. The molecule has 2 aliphatic rings. The maximum atomic E-state index is 12.3. The third-order valence-corrected chi connectivity index (χ3v) is 4.97. The third-order valence-electron chi connectivity index (χ3n) is 4.97. The lowest BCUT2D eigenvalue weighted by atomic mass is 10.1. The second kappa shape index (κ2) is 8.70. The molecule has 1 fully saturated rings. The molecule has 0 unspecified atom stereocenters. The fraction of sp³-hybridized carbons (Fsp3) is 0.500. The second-order valence-corrected chi connectivity index (χ2v) is 6.77. The number of hydrogen-bond donors (Lipinski definition) is 1. The van der Waals surface area contributed by atoms with Gasteiger partial charge in [-0.3, -0.25) is 9.59 Å². The number of carbonyl (C=O) groups is 2. The van der Waals surface area contributed by atoms with Gasteiger partial charge in [0, 0.05) is 51.3 Å². The van der Waals surface area contributed by atoms with Crippen molar-refractivity contribution in [3.05, 3.63) is 42.5 Å². The van der Waals surface area contributed by atoms with Gasteiger partial charge in [-0.25, -0.2) is 0 Å². The Bertz CT molecular complexity index is 607. The van der Waals surface area contributed by atoms with E-state index in [0.717, 1.165) is 39.0 Å². The number of benzene rings is 1. The van der Waals surface area contributed by atoms with E-state index in [9.17, 15) is 9.59 Å². The van der Waals surface area contributed by atoms with E-state index in [1.54, 1.807) is 0 Å². The van der Waals surface area contributed by atoms with Crippen molar-refractivity contribution >= 4 is 17.5 Å². The summed E-state index contributed by atoms with van der Waals surface area (Å²) < 4.78 is 0. The number of anilines is 1. The molecule has 1 aliphatic heterocycles. The minimum atomic E-state index is 0.0539. The summed E-state index contributed by atoms with van der Waals surface area (Å²) in [6.45, 7) is 3.64. The first kappa shape index (κ1) is 17.5. The molecule has 1 aromatic rings. The van der Waals surface area contributed by atoms with Gasteiger partial charge in [0.25, 0.3) is 0 Å². The van der Waals surface area contributed by atoms with E-state index >= 15 is 0 Å². The van der Waals surface area contributed by atoms with Crippen molar-refractivity contribution in [2.24, 2.45) is 5.92 Å². The zero-order valence-electron chi connectivity index (χ0n) is 14.7. The predicted molar refractivity (Wildman–Crippen MR) is 99.3 cm³/mol. The summed E-state index contributed by atoms with van der Waals surface area (Å²) in [4.78, 5) is 28.4. The summed E-state index contributed by atoms with van der Waals surface area (Å²) in [6.07, 6.45) is 7.33. The van der Waals surface area contributed by atoms with Crippen LogP contribution in [0.15, 0.2) is 42.5 Å². The highest BCUT2D eigenvalue weighted by Gasteiger charge is 2.21. The van der Waals surface area contributed by atoms with E-state index in [0.29, 0.717) is 25.3 Å². The molecular formula is C20H27N3O2. The highest BCUT2D eigenvalue weighted by molar-refractivity contribution is 5.79. The van der Waals surface area contributed by atoms with Gasteiger partial charge in [-0.1, -0.05) is 30.4 Å². The van der Waals surface area contributed by atoms with Crippen LogP contribution in [-0.4, -0.2) is 49.4 Å². The summed E-state index contributed by atoms with van der Waals surface area (Å²) in [7, 11) is 0. The van der Waals surface area contributed by atoms with Crippen molar-refractivity contribution in [1.82, 2.24) is 10.2 Å². The number of nitrogens with one attached hydrogen (secondary N) is 1. The Morgan fingerprint density at radius 2 is 1.84 bits per heavy atom. The molecule has 5 heteroatoms. The Morgan fingerprint density at radius 3 is 2.52 bits per heavy atom. The Morgan fingerprint density at radius 1 is 1.08 bits per heavy atom.